The summed E-state index contributed by atoms with van der Waals surface area (Å²) < 4.78 is 16.0. The van der Waals surface area contributed by atoms with Gasteiger partial charge in [-0.25, -0.2) is 4.79 Å². The summed E-state index contributed by atoms with van der Waals surface area (Å²) in [5.41, 5.74) is 5.91. The quantitative estimate of drug-likeness (QED) is 0.470. The largest absolute Gasteiger partial charge is 0.450 e. The molecule has 2 N–H and O–H groups in total. The van der Waals surface area contributed by atoms with Gasteiger partial charge in [0.25, 0.3) is 11.8 Å². The van der Waals surface area contributed by atoms with E-state index in [1.165, 1.54) is 0 Å². The maximum absolute atomic E-state index is 12.4. The van der Waals surface area contributed by atoms with E-state index >= 15 is 0 Å². The van der Waals surface area contributed by atoms with Crippen molar-refractivity contribution in [1.82, 2.24) is 10.9 Å². The highest BCUT2D eigenvalue weighted by molar-refractivity contribution is 5.97. The molecule has 8 heteroatoms. The molecule has 1 aromatic heterocycles. The van der Waals surface area contributed by atoms with Crippen molar-refractivity contribution in [2.75, 3.05) is 13.2 Å². The van der Waals surface area contributed by atoms with Gasteiger partial charge in [-0.2, -0.15) is 0 Å². The molecule has 0 aliphatic heterocycles. The predicted octanol–water partition coefficient (Wildman–Crippen LogP) is 2.59. The Balaban J connectivity index is 1.59. The second-order valence-corrected chi connectivity index (χ2v) is 5.99. The summed E-state index contributed by atoms with van der Waals surface area (Å²) in [5, 5.41) is 0.743. The SMILES string of the molecule is CCOCc1c(C(=O)OCC(=O)NNC(=O)c2ccccc2)oc2ccccc12. The van der Waals surface area contributed by atoms with Crippen molar-refractivity contribution in [2.24, 2.45) is 0 Å². The predicted molar refractivity (Wildman–Crippen MR) is 104 cm³/mol. The van der Waals surface area contributed by atoms with Crippen LogP contribution in [0.15, 0.2) is 59.0 Å². The normalized spacial score (nSPS) is 10.5. The third-order valence-corrected chi connectivity index (χ3v) is 4.02. The smallest absolute Gasteiger partial charge is 0.375 e. The summed E-state index contributed by atoms with van der Waals surface area (Å²) in [7, 11) is 0. The van der Waals surface area contributed by atoms with Gasteiger partial charge >= 0.3 is 5.97 Å². The van der Waals surface area contributed by atoms with Gasteiger partial charge in [-0.15, -0.1) is 0 Å². The van der Waals surface area contributed by atoms with Crippen molar-refractivity contribution in [3.05, 3.63) is 71.5 Å². The van der Waals surface area contributed by atoms with Crippen LogP contribution in [0, 0.1) is 0 Å². The van der Waals surface area contributed by atoms with Crippen molar-refractivity contribution in [2.45, 2.75) is 13.5 Å². The minimum absolute atomic E-state index is 0.0132. The number of hydrazine groups is 1. The number of hydrogen-bond donors (Lipinski definition) is 2. The second kappa shape index (κ2) is 9.52. The minimum Gasteiger partial charge on any atom is -0.450 e. The molecule has 0 spiro atoms. The number of carbonyl (C=O) groups excluding carboxylic acids is 3. The molecular weight excluding hydrogens is 376 g/mol. The van der Waals surface area contributed by atoms with Crippen molar-refractivity contribution in [3.8, 4) is 0 Å². The molecule has 0 atom stereocenters. The molecule has 0 aliphatic rings. The van der Waals surface area contributed by atoms with Gasteiger partial charge in [0.2, 0.25) is 5.76 Å². The Bertz CT molecular complexity index is 1010. The first-order chi connectivity index (χ1) is 14.1. The van der Waals surface area contributed by atoms with Crippen LogP contribution < -0.4 is 10.9 Å². The van der Waals surface area contributed by atoms with E-state index in [-0.39, 0.29) is 12.4 Å². The summed E-state index contributed by atoms with van der Waals surface area (Å²) in [6.45, 7) is 1.90. The van der Waals surface area contributed by atoms with Crippen LogP contribution in [-0.4, -0.2) is 31.0 Å². The van der Waals surface area contributed by atoms with Gasteiger partial charge in [-0.05, 0) is 25.1 Å². The lowest BCUT2D eigenvalue weighted by Crippen LogP contribution is -2.43. The molecule has 0 fully saturated rings. The first-order valence-electron chi connectivity index (χ1n) is 8.99. The zero-order valence-corrected chi connectivity index (χ0v) is 15.8. The monoisotopic (exact) mass is 396 g/mol. The van der Waals surface area contributed by atoms with Crippen molar-refractivity contribution in [1.29, 1.82) is 0 Å². The number of para-hydroxylation sites is 1. The highest BCUT2D eigenvalue weighted by Gasteiger charge is 2.22. The third kappa shape index (κ3) is 4.99. The Kier molecular flexibility index (Phi) is 6.59. The van der Waals surface area contributed by atoms with Gasteiger partial charge in [0.15, 0.2) is 6.61 Å². The molecule has 0 saturated carbocycles. The average molecular weight is 396 g/mol. The fraction of sp³-hybridized carbons (Fsp3) is 0.190. The molecule has 3 rings (SSSR count). The van der Waals surface area contributed by atoms with Crippen LogP contribution in [0.2, 0.25) is 0 Å². The molecule has 2 amide bonds. The van der Waals surface area contributed by atoms with E-state index in [2.05, 4.69) is 10.9 Å². The number of carbonyl (C=O) groups is 3. The Morgan fingerprint density at radius 1 is 0.966 bits per heavy atom. The first-order valence-corrected chi connectivity index (χ1v) is 8.99. The van der Waals surface area contributed by atoms with E-state index < -0.39 is 24.4 Å². The lowest BCUT2D eigenvalue weighted by molar-refractivity contribution is -0.125. The lowest BCUT2D eigenvalue weighted by atomic mass is 10.1. The second-order valence-electron chi connectivity index (χ2n) is 5.99. The van der Waals surface area contributed by atoms with E-state index in [9.17, 15) is 14.4 Å². The number of ether oxygens (including phenoxy) is 2. The number of nitrogens with one attached hydrogen (secondary N) is 2. The summed E-state index contributed by atoms with van der Waals surface area (Å²) in [6, 6.07) is 15.5. The molecule has 2 aromatic carbocycles. The maximum Gasteiger partial charge on any atom is 0.375 e. The number of rotatable bonds is 7. The Labute approximate surface area is 166 Å². The molecule has 0 unspecified atom stereocenters. The summed E-state index contributed by atoms with van der Waals surface area (Å²) >= 11 is 0. The van der Waals surface area contributed by atoms with Gasteiger partial charge in [0.05, 0.1) is 6.61 Å². The molecule has 150 valence electrons. The Morgan fingerprint density at radius 3 is 2.45 bits per heavy atom. The summed E-state index contributed by atoms with van der Waals surface area (Å²) in [4.78, 5) is 36.2. The molecule has 0 radical (unpaired) electrons. The molecule has 0 aliphatic carbocycles. The van der Waals surface area contributed by atoms with Gasteiger partial charge in [0.1, 0.15) is 5.58 Å². The van der Waals surface area contributed by atoms with Crippen LogP contribution in [0.4, 0.5) is 0 Å². The van der Waals surface area contributed by atoms with Crippen LogP contribution in [0.1, 0.15) is 33.4 Å². The van der Waals surface area contributed by atoms with Gasteiger partial charge in [-0.1, -0.05) is 36.4 Å². The van der Waals surface area contributed by atoms with E-state index in [0.29, 0.717) is 23.3 Å². The number of furan rings is 1. The molecule has 3 aromatic rings. The number of hydrogen-bond acceptors (Lipinski definition) is 6. The maximum atomic E-state index is 12.4. The van der Waals surface area contributed by atoms with Crippen LogP contribution in [-0.2, 0) is 20.9 Å². The van der Waals surface area contributed by atoms with Crippen molar-refractivity contribution < 1.29 is 28.3 Å². The van der Waals surface area contributed by atoms with Crippen LogP contribution in [0.5, 0.6) is 0 Å². The molecule has 1 heterocycles. The van der Waals surface area contributed by atoms with Crippen LogP contribution in [0.3, 0.4) is 0 Å². The van der Waals surface area contributed by atoms with E-state index in [1.54, 1.807) is 42.5 Å². The standard InChI is InChI=1S/C21H20N2O6/c1-2-27-12-16-15-10-6-7-11-17(15)29-19(16)21(26)28-13-18(24)22-23-20(25)14-8-4-3-5-9-14/h3-11H,2,12-13H2,1H3,(H,22,24)(H,23,25). The molecule has 29 heavy (non-hydrogen) atoms. The highest BCUT2D eigenvalue weighted by atomic mass is 16.5. The first kappa shape index (κ1) is 20.1. The zero-order chi connectivity index (χ0) is 20.6. The van der Waals surface area contributed by atoms with E-state index in [4.69, 9.17) is 13.9 Å². The number of esters is 1. The Morgan fingerprint density at radius 2 is 1.69 bits per heavy atom. The lowest BCUT2D eigenvalue weighted by Gasteiger charge is -2.08. The van der Waals surface area contributed by atoms with E-state index in [0.717, 1.165) is 5.39 Å². The van der Waals surface area contributed by atoms with Gasteiger partial charge in [0, 0.05) is 23.1 Å². The van der Waals surface area contributed by atoms with Gasteiger partial charge in [-0.3, -0.25) is 20.4 Å². The molecule has 0 saturated heterocycles. The Hall–Kier alpha value is -3.65. The zero-order valence-electron chi connectivity index (χ0n) is 15.8. The number of amides is 2. The fourth-order valence-corrected chi connectivity index (χ4v) is 2.63. The van der Waals surface area contributed by atoms with Crippen molar-refractivity contribution in [3.63, 3.8) is 0 Å². The highest BCUT2D eigenvalue weighted by Crippen LogP contribution is 2.27. The third-order valence-electron chi connectivity index (χ3n) is 4.02. The average Bonchev–Trinajstić information content (AvgIpc) is 3.13. The fourth-order valence-electron chi connectivity index (χ4n) is 2.63. The van der Waals surface area contributed by atoms with Crippen LogP contribution >= 0.6 is 0 Å². The topological polar surface area (TPSA) is 107 Å². The number of fused-ring (bicyclic) bond motifs is 1. The minimum atomic E-state index is -0.791. The van der Waals surface area contributed by atoms with E-state index in [1.807, 2.05) is 19.1 Å². The van der Waals surface area contributed by atoms with Gasteiger partial charge < -0.3 is 13.9 Å². The van der Waals surface area contributed by atoms with Crippen molar-refractivity contribution >= 4 is 28.8 Å². The summed E-state index contributed by atoms with van der Waals surface area (Å²) in [6.07, 6.45) is 0. The van der Waals surface area contributed by atoms with Crippen LogP contribution in [0.25, 0.3) is 11.0 Å². The molecular formula is C21H20N2O6. The molecule has 8 nitrogen and oxygen atoms in total. The number of benzene rings is 2. The summed E-state index contributed by atoms with van der Waals surface area (Å²) in [5.74, 6) is -1.98. The molecule has 0 bridgehead atoms.